The highest BCUT2D eigenvalue weighted by Crippen LogP contribution is 2.32. The van der Waals surface area contributed by atoms with E-state index < -0.39 is 0 Å². The fourth-order valence-corrected chi connectivity index (χ4v) is 3.73. The van der Waals surface area contributed by atoms with Crippen LogP contribution in [0.5, 0.6) is 0 Å². The summed E-state index contributed by atoms with van der Waals surface area (Å²) < 4.78 is 7.09. The van der Waals surface area contributed by atoms with Gasteiger partial charge in [-0.15, -0.1) is 11.3 Å². The Hall–Kier alpha value is -2.12. The molecule has 1 aliphatic heterocycles. The second-order valence-electron chi connectivity index (χ2n) is 5.32. The number of thiophene rings is 1. The monoisotopic (exact) mass is 316 g/mol. The van der Waals surface area contributed by atoms with Gasteiger partial charge in [-0.25, -0.2) is 4.98 Å². The van der Waals surface area contributed by atoms with Gasteiger partial charge in [0.2, 0.25) is 5.95 Å². The number of rotatable bonds is 2. The van der Waals surface area contributed by atoms with Crippen molar-refractivity contribution in [3.63, 3.8) is 0 Å². The average Bonchev–Trinajstić information content (AvgIpc) is 3.20. The van der Waals surface area contributed by atoms with E-state index in [0.29, 0.717) is 11.1 Å². The highest BCUT2D eigenvalue weighted by molar-refractivity contribution is 7.17. The smallest absolute Gasteiger partial charge is 0.264 e. The number of piperazine rings is 1. The minimum Gasteiger partial charge on any atom is -0.464 e. The van der Waals surface area contributed by atoms with Crippen molar-refractivity contribution in [2.75, 3.05) is 31.1 Å². The number of hydrogen-bond acceptors (Lipinski definition) is 6. The maximum Gasteiger partial charge on any atom is 0.264 e. The molecule has 22 heavy (non-hydrogen) atoms. The Morgan fingerprint density at radius 3 is 2.91 bits per heavy atom. The summed E-state index contributed by atoms with van der Waals surface area (Å²) in [5.74, 6) is 1.45. The van der Waals surface area contributed by atoms with Crippen LogP contribution in [0.4, 0.5) is 5.95 Å². The molecule has 0 radical (unpaired) electrons. The molecule has 3 aromatic heterocycles. The van der Waals surface area contributed by atoms with Gasteiger partial charge < -0.3 is 14.6 Å². The fraction of sp³-hybridized carbons (Fsp3) is 0.333. The molecule has 4 heterocycles. The summed E-state index contributed by atoms with van der Waals surface area (Å²) in [6.45, 7) is 3.55. The molecule has 0 spiro atoms. The maximum absolute atomic E-state index is 12.8. The molecule has 7 heteroatoms. The molecule has 1 aliphatic rings. The van der Waals surface area contributed by atoms with Crippen molar-refractivity contribution in [2.45, 2.75) is 0 Å². The van der Waals surface area contributed by atoms with Crippen LogP contribution in [-0.2, 0) is 7.05 Å². The van der Waals surface area contributed by atoms with E-state index in [0.717, 1.165) is 42.5 Å². The predicted octanol–water partition coefficient (Wildman–Crippen LogP) is 1.66. The van der Waals surface area contributed by atoms with Crippen LogP contribution in [0.2, 0.25) is 0 Å². The Morgan fingerprint density at radius 2 is 2.18 bits per heavy atom. The van der Waals surface area contributed by atoms with E-state index in [9.17, 15) is 4.79 Å². The lowest BCUT2D eigenvalue weighted by Crippen LogP contribution is -2.45. The third kappa shape index (κ3) is 2.05. The Kier molecular flexibility index (Phi) is 3.24. The van der Waals surface area contributed by atoms with Crippen LogP contribution in [0.3, 0.4) is 0 Å². The summed E-state index contributed by atoms with van der Waals surface area (Å²) in [5.41, 5.74) is 0.802. The van der Waals surface area contributed by atoms with Gasteiger partial charge in [0.25, 0.3) is 5.56 Å². The Labute approximate surface area is 131 Å². The lowest BCUT2D eigenvalue weighted by molar-refractivity contribution is 0.570. The van der Waals surface area contributed by atoms with Crippen LogP contribution >= 0.6 is 11.3 Å². The van der Waals surface area contributed by atoms with Gasteiger partial charge >= 0.3 is 0 Å². The molecule has 1 N–H and O–H groups in total. The van der Waals surface area contributed by atoms with Crippen molar-refractivity contribution in [3.05, 3.63) is 34.1 Å². The second kappa shape index (κ2) is 5.26. The quantitative estimate of drug-likeness (QED) is 0.779. The first-order chi connectivity index (χ1) is 10.8. The Bertz CT molecular complexity index is 860. The molecular weight excluding hydrogens is 300 g/mol. The van der Waals surface area contributed by atoms with Crippen LogP contribution in [-0.4, -0.2) is 35.7 Å². The number of hydrogen-bond donors (Lipinski definition) is 1. The van der Waals surface area contributed by atoms with Gasteiger partial charge in [0.15, 0.2) is 0 Å². The van der Waals surface area contributed by atoms with Gasteiger partial charge in [-0.1, -0.05) is 0 Å². The summed E-state index contributed by atoms with van der Waals surface area (Å²) in [7, 11) is 1.79. The summed E-state index contributed by atoms with van der Waals surface area (Å²) in [5, 5.41) is 5.90. The van der Waals surface area contributed by atoms with E-state index in [-0.39, 0.29) is 5.56 Å². The van der Waals surface area contributed by atoms with Gasteiger partial charge in [-0.05, 0) is 12.1 Å². The molecule has 4 rings (SSSR count). The molecule has 3 aromatic rings. The highest BCUT2D eigenvalue weighted by atomic mass is 32.1. The van der Waals surface area contributed by atoms with E-state index in [1.165, 1.54) is 11.3 Å². The van der Waals surface area contributed by atoms with Crippen LogP contribution in [0.1, 0.15) is 0 Å². The van der Waals surface area contributed by atoms with E-state index in [4.69, 9.17) is 9.40 Å². The van der Waals surface area contributed by atoms with Gasteiger partial charge in [0.05, 0.1) is 11.6 Å². The van der Waals surface area contributed by atoms with Gasteiger partial charge in [-0.3, -0.25) is 9.36 Å². The number of aromatic nitrogens is 2. The lowest BCUT2D eigenvalue weighted by atomic mass is 10.2. The molecule has 0 aliphatic carbocycles. The molecule has 0 aromatic carbocycles. The lowest BCUT2D eigenvalue weighted by Gasteiger charge is -2.29. The molecule has 114 valence electrons. The van der Waals surface area contributed by atoms with E-state index in [1.54, 1.807) is 17.9 Å². The van der Waals surface area contributed by atoms with E-state index >= 15 is 0 Å². The number of furan rings is 1. The van der Waals surface area contributed by atoms with Crippen LogP contribution in [0.15, 0.2) is 33.0 Å². The standard InChI is InChI=1S/C15H16N4O2S/c1-18-14(20)12-10(11-3-2-8-21-11)9-22-13(12)17-15(18)19-6-4-16-5-7-19/h2-3,8-9,16H,4-7H2,1H3. The molecule has 6 nitrogen and oxygen atoms in total. The molecule has 0 saturated carbocycles. The molecule has 0 unspecified atom stereocenters. The van der Waals surface area contributed by atoms with E-state index in [1.807, 2.05) is 17.5 Å². The molecule has 0 amide bonds. The minimum absolute atomic E-state index is 0.0221. The van der Waals surface area contributed by atoms with Crippen LogP contribution in [0, 0.1) is 0 Å². The summed E-state index contributed by atoms with van der Waals surface area (Å²) in [4.78, 5) is 20.5. The third-order valence-corrected chi connectivity index (χ3v) is 4.85. The van der Waals surface area contributed by atoms with Crippen molar-refractivity contribution in [2.24, 2.45) is 7.05 Å². The zero-order chi connectivity index (χ0) is 15.1. The molecule has 1 saturated heterocycles. The minimum atomic E-state index is -0.0221. The number of fused-ring (bicyclic) bond motifs is 1. The van der Waals surface area contributed by atoms with Crippen molar-refractivity contribution in [1.29, 1.82) is 0 Å². The first-order valence-electron chi connectivity index (χ1n) is 7.23. The Morgan fingerprint density at radius 1 is 1.36 bits per heavy atom. The van der Waals surface area contributed by atoms with E-state index in [2.05, 4.69) is 10.2 Å². The first-order valence-corrected chi connectivity index (χ1v) is 8.11. The van der Waals surface area contributed by atoms with Crippen molar-refractivity contribution in [3.8, 4) is 11.3 Å². The molecular formula is C15H16N4O2S. The highest BCUT2D eigenvalue weighted by Gasteiger charge is 2.20. The normalized spacial score (nSPS) is 15.6. The second-order valence-corrected chi connectivity index (χ2v) is 6.18. The summed E-state index contributed by atoms with van der Waals surface area (Å²) >= 11 is 1.49. The van der Waals surface area contributed by atoms with Crippen molar-refractivity contribution in [1.82, 2.24) is 14.9 Å². The SMILES string of the molecule is Cn1c(N2CCNCC2)nc2scc(-c3ccco3)c2c1=O. The number of nitrogens with one attached hydrogen (secondary N) is 1. The maximum atomic E-state index is 12.8. The third-order valence-electron chi connectivity index (χ3n) is 3.98. The zero-order valence-corrected chi connectivity index (χ0v) is 13.0. The summed E-state index contributed by atoms with van der Waals surface area (Å²) in [6.07, 6.45) is 1.62. The molecule has 0 atom stereocenters. The average molecular weight is 316 g/mol. The van der Waals surface area contributed by atoms with Gasteiger partial charge in [0.1, 0.15) is 10.6 Å². The topological polar surface area (TPSA) is 63.3 Å². The fourth-order valence-electron chi connectivity index (χ4n) is 2.82. The molecule has 0 bridgehead atoms. The predicted molar refractivity (Wildman–Crippen MR) is 87.6 cm³/mol. The van der Waals surface area contributed by atoms with Gasteiger partial charge in [0, 0.05) is 44.2 Å². The molecule has 1 fully saturated rings. The van der Waals surface area contributed by atoms with Gasteiger partial charge in [-0.2, -0.15) is 0 Å². The Balaban J connectivity index is 1.90. The zero-order valence-electron chi connectivity index (χ0n) is 12.2. The van der Waals surface area contributed by atoms with Crippen molar-refractivity contribution < 1.29 is 4.42 Å². The summed E-state index contributed by atoms with van der Waals surface area (Å²) in [6, 6.07) is 3.69. The number of anilines is 1. The van der Waals surface area contributed by atoms with Crippen LogP contribution < -0.4 is 15.8 Å². The largest absolute Gasteiger partial charge is 0.464 e. The number of nitrogens with zero attached hydrogens (tertiary/aromatic N) is 3. The first kappa shape index (κ1) is 13.5. The van der Waals surface area contributed by atoms with Crippen LogP contribution in [0.25, 0.3) is 21.5 Å². The van der Waals surface area contributed by atoms with Crippen molar-refractivity contribution >= 4 is 27.5 Å².